The number of carboxylic acid groups (broad SMARTS) is 1. The second-order valence-electron chi connectivity index (χ2n) is 5.56. The number of carboxylic acids is 1. The molecule has 1 heterocycles. The van der Waals surface area contributed by atoms with Crippen LogP contribution in [0, 0.1) is 0 Å². The highest BCUT2D eigenvalue weighted by Gasteiger charge is 2.39. The number of hydrogen-bond donors (Lipinski definition) is 3. The molecule has 0 saturated carbocycles. The van der Waals surface area contributed by atoms with E-state index in [1.54, 1.807) is 60.7 Å². The maximum atomic E-state index is 11.4. The molecular formula is C19H23NO3. The van der Waals surface area contributed by atoms with Gasteiger partial charge in [0.05, 0.1) is 0 Å². The van der Waals surface area contributed by atoms with Crippen molar-refractivity contribution >= 4 is 5.97 Å². The minimum Gasteiger partial charge on any atom is -0.479 e. The zero-order valence-corrected chi connectivity index (χ0v) is 13.1. The normalized spacial score (nSPS) is 14.5. The lowest BCUT2D eigenvalue weighted by Gasteiger charge is -2.24. The number of aliphatic carboxylic acids is 1. The molecule has 0 radical (unpaired) electrons. The first-order valence-corrected chi connectivity index (χ1v) is 7.93. The molecule has 0 spiro atoms. The van der Waals surface area contributed by atoms with E-state index in [2.05, 4.69) is 5.32 Å². The van der Waals surface area contributed by atoms with E-state index in [1.165, 1.54) is 32.4 Å². The van der Waals surface area contributed by atoms with Crippen molar-refractivity contribution < 1.29 is 15.0 Å². The molecule has 3 N–H and O–H groups in total. The average Bonchev–Trinajstić information content (AvgIpc) is 2.64. The lowest BCUT2D eigenvalue weighted by atomic mass is 9.86. The summed E-state index contributed by atoms with van der Waals surface area (Å²) in [4.78, 5) is 11.4. The summed E-state index contributed by atoms with van der Waals surface area (Å²) in [5, 5.41) is 23.0. The van der Waals surface area contributed by atoms with Crippen LogP contribution >= 0.6 is 0 Å². The third-order valence-electron chi connectivity index (χ3n) is 3.90. The Balaban J connectivity index is 0.000000268. The van der Waals surface area contributed by atoms with Crippen molar-refractivity contribution in [1.29, 1.82) is 0 Å². The molecule has 4 nitrogen and oxygen atoms in total. The van der Waals surface area contributed by atoms with E-state index in [0.717, 1.165) is 0 Å². The lowest BCUT2D eigenvalue weighted by Crippen LogP contribution is -2.36. The molecule has 1 fully saturated rings. The Labute approximate surface area is 136 Å². The van der Waals surface area contributed by atoms with E-state index in [4.69, 9.17) is 0 Å². The second-order valence-corrected chi connectivity index (χ2v) is 5.56. The van der Waals surface area contributed by atoms with Gasteiger partial charge in [0.2, 0.25) is 5.60 Å². The zero-order chi connectivity index (χ0) is 16.5. The number of carbonyl (C=O) groups is 1. The van der Waals surface area contributed by atoms with Crippen molar-refractivity contribution in [2.24, 2.45) is 0 Å². The molecule has 1 aliphatic rings. The highest BCUT2D eigenvalue weighted by Crippen LogP contribution is 2.29. The van der Waals surface area contributed by atoms with E-state index in [9.17, 15) is 15.0 Å². The first-order valence-electron chi connectivity index (χ1n) is 7.93. The van der Waals surface area contributed by atoms with Crippen molar-refractivity contribution in [3.8, 4) is 0 Å². The fourth-order valence-corrected chi connectivity index (χ4v) is 2.57. The van der Waals surface area contributed by atoms with Gasteiger partial charge in [0.15, 0.2) is 0 Å². The van der Waals surface area contributed by atoms with Gasteiger partial charge in [0.1, 0.15) is 0 Å². The van der Waals surface area contributed by atoms with E-state index in [0.29, 0.717) is 11.1 Å². The molecule has 4 heteroatoms. The van der Waals surface area contributed by atoms with Crippen molar-refractivity contribution in [3.63, 3.8) is 0 Å². The van der Waals surface area contributed by atoms with Crippen LogP contribution in [-0.4, -0.2) is 29.3 Å². The average molecular weight is 313 g/mol. The third kappa shape index (κ3) is 4.41. The monoisotopic (exact) mass is 313 g/mol. The van der Waals surface area contributed by atoms with Crippen LogP contribution in [0.25, 0.3) is 0 Å². The Hall–Kier alpha value is -2.17. The van der Waals surface area contributed by atoms with Gasteiger partial charge in [-0.25, -0.2) is 4.79 Å². The summed E-state index contributed by atoms with van der Waals surface area (Å²) in [6, 6.07) is 16.7. The van der Waals surface area contributed by atoms with Crippen LogP contribution in [0.1, 0.15) is 30.4 Å². The summed E-state index contributed by atoms with van der Waals surface area (Å²) < 4.78 is 0. The van der Waals surface area contributed by atoms with E-state index in [-0.39, 0.29) is 0 Å². The fraction of sp³-hybridized carbons (Fsp3) is 0.316. The van der Waals surface area contributed by atoms with E-state index < -0.39 is 11.6 Å². The number of nitrogens with one attached hydrogen (secondary N) is 1. The van der Waals surface area contributed by atoms with E-state index in [1.807, 2.05) is 0 Å². The number of hydrogen-bond acceptors (Lipinski definition) is 3. The molecule has 0 aliphatic carbocycles. The molecule has 1 aliphatic heterocycles. The molecule has 2 aromatic rings. The van der Waals surface area contributed by atoms with Gasteiger partial charge in [-0.3, -0.25) is 0 Å². The van der Waals surface area contributed by atoms with Crippen molar-refractivity contribution in [2.45, 2.75) is 24.9 Å². The van der Waals surface area contributed by atoms with Crippen molar-refractivity contribution in [2.75, 3.05) is 13.1 Å². The zero-order valence-electron chi connectivity index (χ0n) is 13.1. The van der Waals surface area contributed by atoms with Crippen LogP contribution in [-0.2, 0) is 10.4 Å². The highest BCUT2D eigenvalue weighted by atomic mass is 16.4. The minimum atomic E-state index is -2.00. The van der Waals surface area contributed by atoms with Gasteiger partial charge in [-0.05, 0) is 37.1 Å². The van der Waals surface area contributed by atoms with Crippen LogP contribution in [0.2, 0.25) is 0 Å². The first kappa shape index (κ1) is 17.2. The number of piperidine rings is 1. The van der Waals surface area contributed by atoms with Crippen LogP contribution in [0.4, 0.5) is 0 Å². The van der Waals surface area contributed by atoms with Crippen LogP contribution in [0.15, 0.2) is 60.7 Å². The molecule has 1 saturated heterocycles. The number of rotatable bonds is 3. The molecule has 122 valence electrons. The predicted octanol–water partition coefficient (Wildman–Crippen LogP) is 2.77. The van der Waals surface area contributed by atoms with Crippen LogP contribution in [0.3, 0.4) is 0 Å². The van der Waals surface area contributed by atoms with Gasteiger partial charge in [-0.1, -0.05) is 67.1 Å². The summed E-state index contributed by atoms with van der Waals surface area (Å²) in [5.41, 5.74) is -1.31. The topological polar surface area (TPSA) is 69.6 Å². The number of benzene rings is 2. The fourth-order valence-electron chi connectivity index (χ4n) is 2.57. The third-order valence-corrected chi connectivity index (χ3v) is 3.90. The predicted molar refractivity (Wildman–Crippen MR) is 90.2 cm³/mol. The SMILES string of the molecule is C1CCNCC1.O=C(O)C(O)(c1ccccc1)c1ccccc1. The van der Waals surface area contributed by atoms with Crippen molar-refractivity contribution in [1.82, 2.24) is 5.32 Å². The van der Waals surface area contributed by atoms with Gasteiger partial charge >= 0.3 is 5.97 Å². The maximum absolute atomic E-state index is 11.4. The van der Waals surface area contributed by atoms with Gasteiger partial charge in [-0.15, -0.1) is 0 Å². The molecule has 0 unspecified atom stereocenters. The second kappa shape index (κ2) is 8.46. The molecular weight excluding hydrogens is 290 g/mol. The molecule has 23 heavy (non-hydrogen) atoms. The first-order chi connectivity index (χ1) is 11.2. The minimum absolute atomic E-state index is 0.346. The van der Waals surface area contributed by atoms with Crippen molar-refractivity contribution in [3.05, 3.63) is 71.8 Å². The van der Waals surface area contributed by atoms with Gasteiger partial charge in [0.25, 0.3) is 0 Å². The Kier molecular flexibility index (Phi) is 6.32. The molecule has 0 atom stereocenters. The Morgan fingerprint density at radius 2 is 1.26 bits per heavy atom. The maximum Gasteiger partial charge on any atom is 0.345 e. The molecule has 2 aromatic carbocycles. The largest absolute Gasteiger partial charge is 0.479 e. The van der Waals surface area contributed by atoms with Crippen LogP contribution < -0.4 is 5.32 Å². The summed E-state index contributed by atoms with van der Waals surface area (Å²) in [5.74, 6) is -1.28. The van der Waals surface area contributed by atoms with Gasteiger partial charge < -0.3 is 15.5 Å². The molecule has 0 aromatic heterocycles. The van der Waals surface area contributed by atoms with Crippen LogP contribution in [0.5, 0.6) is 0 Å². The smallest absolute Gasteiger partial charge is 0.345 e. The summed E-state index contributed by atoms with van der Waals surface area (Å²) >= 11 is 0. The summed E-state index contributed by atoms with van der Waals surface area (Å²) in [6.07, 6.45) is 4.22. The summed E-state index contributed by atoms with van der Waals surface area (Å²) in [7, 11) is 0. The van der Waals surface area contributed by atoms with Gasteiger partial charge in [-0.2, -0.15) is 0 Å². The molecule has 0 bridgehead atoms. The van der Waals surface area contributed by atoms with E-state index >= 15 is 0 Å². The Morgan fingerprint density at radius 3 is 1.52 bits per heavy atom. The quantitative estimate of drug-likeness (QED) is 0.815. The Morgan fingerprint density at radius 1 is 0.826 bits per heavy atom. The number of aliphatic hydroxyl groups is 1. The lowest BCUT2D eigenvalue weighted by molar-refractivity contribution is -0.155. The molecule has 3 rings (SSSR count). The molecule has 0 amide bonds. The van der Waals surface area contributed by atoms with Gasteiger partial charge in [0, 0.05) is 0 Å². The Bertz CT molecular complexity index is 544. The standard InChI is InChI=1S/C14H12O3.C5H11N/c15-13(16)14(17,11-7-3-1-4-8-11)12-9-5-2-6-10-12;1-2-4-6-5-3-1/h1-10,17H,(H,15,16);6H,1-5H2. The summed E-state index contributed by atoms with van der Waals surface area (Å²) in [6.45, 7) is 2.50. The highest BCUT2D eigenvalue weighted by molar-refractivity contribution is 5.83.